The number of benzene rings is 1. The van der Waals surface area contributed by atoms with E-state index in [2.05, 4.69) is 38.1 Å². The Kier molecular flexibility index (Phi) is 5.12. The third-order valence-electron chi connectivity index (χ3n) is 4.48. The Hall–Kier alpha value is -0.490. The van der Waals surface area contributed by atoms with Crippen molar-refractivity contribution in [2.45, 2.75) is 63.7 Å². The Labute approximate surface area is 117 Å². The third kappa shape index (κ3) is 3.29. The van der Waals surface area contributed by atoms with Gasteiger partial charge in [-0.1, -0.05) is 63.8 Å². The molecule has 0 radical (unpaired) electrons. The minimum atomic E-state index is 0.162. The number of alkyl halides is 1. The summed E-state index contributed by atoms with van der Waals surface area (Å²) in [5.41, 5.74) is 2.80. The maximum absolute atomic E-state index is 6.49. The average Bonchev–Trinajstić information content (AvgIpc) is 2.47. The van der Waals surface area contributed by atoms with Crippen LogP contribution in [0.15, 0.2) is 24.3 Å². The topological polar surface area (TPSA) is 0 Å². The second-order valence-electron chi connectivity index (χ2n) is 5.79. The second kappa shape index (κ2) is 6.61. The minimum absolute atomic E-state index is 0.162. The van der Waals surface area contributed by atoms with Crippen molar-refractivity contribution in [2.75, 3.05) is 0 Å². The SMILES string of the molecule is CCC(C)C(Cl)c1ccc(C2CCCCC2)cc1. The molecule has 0 aliphatic heterocycles. The van der Waals surface area contributed by atoms with Gasteiger partial charge in [0, 0.05) is 0 Å². The van der Waals surface area contributed by atoms with E-state index in [4.69, 9.17) is 11.6 Å². The number of hydrogen-bond donors (Lipinski definition) is 0. The second-order valence-corrected chi connectivity index (χ2v) is 6.26. The zero-order valence-electron chi connectivity index (χ0n) is 11.7. The molecular weight excluding hydrogens is 240 g/mol. The van der Waals surface area contributed by atoms with Crippen molar-refractivity contribution in [1.82, 2.24) is 0 Å². The summed E-state index contributed by atoms with van der Waals surface area (Å²) in [5.74, 6) is 1.34. The highest BCUT2D eigenvalue weighted by molar-refractivity contribution is 6.20. The van der Waals surface area contributed by atoms with Crippen molar-refractivity contribution in [1.29, 1.82) is 0 Å². The van der Waals surface area contributed by atoms with Gasteiger partial charge in [-0.15, -0.1) is 11.6 Å². The van der Waals surface area contributed by atoms with E-state index in [0.717, 1.165) is 12.3 Å². The molecule has 0 amide bonds. The van der Waals surface area contributed by atoms with Crippen LogP contribution in [0.1, 0.15) is 74.8 Å². The molecule has 2 rings (SSSR count). The highest BCUT2D eigenvalue weighted by atomic mass is 35.5. The van der Waals surface area contributed by atoms with Gasteiger partial charge in [-0.25, -0.2) is 0 Å². The van der Waals surface area contributed by atoms with E-state index >= 15 is 0 Å². The summed E-state index contributed by atoms with van der Waals surface area (Å²) < 4.78 is 0. The van der Waals surface area contributed by atoms with Gasteiger partial charge in [0.05, 0.1) is 5.38 Å². The van der Waals surface area contributed by atoms with Gasteiger partial charge >= 0.3 is 0 Å². The Bertz CT molecular complexity index is 327. The number of halogens is 1. The lowest BCUT2D eigenvalue weighted by Crippen LogP contribution is -2.06. The largest absolute Gasteiger partial charge is 0.118 e. The van der Waals surface area contributed by atoms with Gasteiger partial charge in [0.25, 0.3) is 0 Å². The molecule has 0 heterocycles. The molecule has 0 nitrogen and oxygen atoms in total. The van der Waals surface area contributed by atoms with E-state index in [1.165, 1.54) is 43.2 Å². The van der Waals surface area contributed by atoms with E-state index in [1.807, 2.05) is 0 Å². The molecule has 0 bridgehead atoms. The molecule has 1 saturated carbocycles. The zero-order valence-corrected chi connectivity index (χ0v) is 12.4. The Morgan fingerprint density at radius 3 is 2.28 bits per heavy atom. The first-order valence-corrected chi connectivity index (χ1v) is 7.90. The van der Waals surface area contributed by atoms with Crippen LogP contribution >= 0.6 is 11.6 Å². The zero-order chi connectivity index (χ0) is 13.0. The lowest BCUT2D eigenvalue weighted by atomic mass is 9.83. The predicted octanol–water partition coefficient (Wildman–Crippen LogP) is 6.06. The maximum Gasteiger partial charge on any atom is 0.0610 e. The maximum atomic E-state index is 6.49. The summed E-state index contributed by atoms with van der Waals surface area (Å²) in [6.07, 6.45) is 8.10. The number of rotatable bonds is 4. The van der Waals surface area contributed by atoms with Crippen LogP contribution < -0.4 is 0 Å². The van der Waals surface area contributed by atoms with Crippen LogP contribution in [0.2, 0.25) is 0 Å². The quantitative estimate of drug-likeness (QED) is 0.580. The molecule has 2 atom stereocenters. The molecule has 100 valence electrons. The van der Waals surface area contributed by atoms with Crippen LogP contribution in [0.3, 0.4) is 0 Å². The lowest BCUT2D eigenvalue weighted by molar-refractivity contribution is 0.443. The molecule has 1 fully saturated rings. The first kappa shape index (κ1) is 13.9. The fraction of sp³-hybridized carbons (Fsp3) is 0.647. The van der Waals surface area contributed by atoms with Crippen molar-refractivity contribution in [3.05, 3.63) is 35.4 Å². The van der Waals surface area contributed by atoms with Crippen LogP contribution in [0.5, 0.6) is 0 Å². The highest BCUT2D eigenvalue weighted by Crippen LogP contribution is 2.35. The molecule has 1 aromatic carbocycles. The van der Waals surface area contributed by atoms with E-state index in [1.54, 1.807) is 0 Å². The van der Waals surface area contributed by atoms with Crippen molar-refractivity contribution in [2.24, 2.45) is 5.92 Å². The smallest absolute Gasteiger partial charge is 0.0610 e. The highest BCUT2D eigenvalue weighted by Gasteiger charge is 2.17. The monoisotopic (exact) mass is 264 g/mol. The first-order valence-electron chi connectivity index (χ1n) is 7.46. The third-order valence-corrected chi connectivity index (χ3v) is 5.16. The van der Waals surface area contributed by atoms with Crippen LogP contribution in [0.4, 0.5) is 0 Å². The van der Waals surface area contributed by atoms with E-state index in [0.29, 0.717) is 5.92 Å². The van der Waals surface area contributed by atoms with Crippen LogP contribution in [0.25, 0.3) is 0 Å². The summed E-state index contributed by atoms with van der Waals surface area (Å²) in [4.78, 5) is 0. The van der Waals surface area contributed by atoms with Gasteiger partial charge in [-0.3, -0.25) is 0 Å². The van der Waals surface area contributed by atoms with Crippen LogP contribution in [0, 0.1) is 5.92 Å². The van der Waals surface area contributed by atoms with Crippen molar-refractivity contribution < 1.29 is 0 Å². The van der Waals surface area contributed by atoms with Crippen molar-refractivity contribution >= 4 is 11.6 Å². The molecule has 0 spiro atoms. The molecule has 0 N–H and O–H groups in total. The standard InChI is InChI=1S/C17H25Cl/c1-3-13(2)17(18)16-11-9-15(10-12-16)14-7-5-4-6-8-14/h9-14,17H,3-8H2,1-2H3. The molecule has 18 heavy (non-hydrogen) atoms. The molecular formula is C17H25Cl. The first-order chi connectivity index (χ1) is 8.72. The molecule has 0 aromatic heterocycles. The van der Waals surface area contributed by atoms with Gasteiger partial charge in [-0.05, 0) is 35.8 Å². The number of hydrogen-bond acceptors (Lipinski definition) is 0. The predicted molar refractivity (Wildman–Crippen MR) is 80.3 cm³/mol. The van der Waals surface area contributed by atoms with Gasteiger partial charge < -0.3 is 0 Å². The summed E-state index contributed by atoms with van der Waals surface area (Å²) in [7, 11) is 0. The van der Waals surface area contributed by atoms with Gasteiger partial charge in [-0.2, -0.15) is 0 Å². The van der Waals surface area contributed by atoms with E-state index in [9.17, 15) is 0 Å². The Balaban J connectivity index is 2.04. The molecule has 1 aromatic rings. The minimum Gasteiger partial charge on any atom is -0.118 e. The molecule has 2 unspecified atom stereocenters. The fourth-order valence-corrected chi connectivity index (χ4v) is 3.25. The van der Waals surface area contributed by atoms with Gasteiger partial charge in [0.15, 0.2) is 0 Å². The van der Waals surface area contributed by atoms with Crippen LogP contribution in [-0.2, 0) is 0 Å². The van der Waals surface area contributed by atoms with Gasteiger partial charge in [0.1, 0.15) is 0 Å². The molecule has 0 saturated heterocycles. The van der Waals surface area contributed by atoms with Crippen molar-refractivity contribution in [3.63, 3.8) is 0 Å². The van der Waals surface area contributed by atoms with Crippen LogP contribution in [-0.4, -0.2) is 0 Å². The summed E-state index contributed by atoms with van der Waals surface area (Å²) >= 11 is 6.49. The van der Waals surface area contributed by atoms with E-state index < -0.39 is 0 Å². The lowest BCUT2D eigenvalue weighted by Gasteiger charge is -2.23. The Morgan fingerprint density at radius 2 is 1.72 bits per heavy atom. The van der Waals surface area contributed by atoms with Gasteiger partial charge in [0.2, 0.25) is 0 Å². The summed E-state index contributed by atoms with van der Waals surface area (Å²) in [6, 6.07) is 9.10. The molecule has 1 aliphatic rings. The summed E-state index contributed by atoms with van der Waals surface area (Å²) in [5, 5.41) is 0.162. The summed E-state index contributed by atoms with van der Waals surface area (Å²) in [6.45, 7) is 4.43. The normalized spacial score (nSPS) is 20.6. The Morgan fingerprint density at radius 1 is 1.11 bits per heavy atom. The fourth-order valence-electron chi connectivity index (χ4n) is 2.92. The van der Waals surface area contributed by atoms with E-state index in [-0.39, 0.29) is 5.38 Å². The van der Waals surface area contributed by atoms with Crippen molar-refractivity contribution in [3.8, 4) is 0 Å². The molecule has 1 heteroatoms. The molecule has 1 aliphatic carbocycles. The average molecular weight is 265 g/mol.